The Kier molecular flexibility index (Phi) is 5.05. The molecule has 19 heavy (non-hydrogen) atoms. The number of nitrogens with zero attached hydrogens (tertiary/aromatic N) is 2. The van der Waals surface area contributed by atoms with Crippen LogP contribution in [0.1, 0.15) is 13.8 Å². The highest BCUT2D eigenvalue weighted by Gasteiger charge is 2.19. The topological polar surface area (TPSA) is 35.9 Å². The number of hydrogen-bond donors (Lipinski definition) is 1. The predicted molar refractivity (Wildman–Crippen MR) is 77.9 cm³/mol. The lowest BCUT2D eigenvalue weighted by molar-refractivity contribution is 0.188. The molecule has 4 nitrogen and oxygen atoms in total. The Hall–Kier alpha value is -1.26. The van der Waals surface area contributed by atoms with Gasteiger partial charge in [-0.2, -0.15) is 0 Å². The third-order valence-electron chi connectivity index (χ3n) is 3.36. The van der Waals surface area contributed by atoms with Gasteiger partial charge in [-0.25, -0.2) is 0 Å². The van der Waals surface area contributed by atoms with E-state index in [1.165, 1.54) is 5.69 Å². The SMILES string of the molecule is CC(C)Oc1ccccc1N1CCN(CCO)CC1. The molecule has 1 saturated heterocycles. The lowest BCUT2D eigenvalue weighted by atomic mass is 10.2. The summed E-state index contributed by atoms with van der Waals surface area (Å²) in [5.74, 6) is 0.966. The average molecular weight is 264 g/mol. The molecule has 2 rings (SSSR count). The van der Waals surface area contributed by atoms with Crippen LogP contribution in [-0.2, 0) is 0 Å². The Bertz CT molecular complexity index is 387. The fraction of sp³-hybridized carbons (Fsp3) is 0.600. The smallest absolute Gasteiger partial charge is 0.142 e. The van der Waals surface area contributed by atoms with Crippen LogP contribution >= 0.6 is 0 Å². The van der Waals surface area contributed by atoms with Gasteiger partial charge < -0.3 is 14.7 Å². The quantitative estimate of drug-likeness (QED) is 0.876. The lowest BCUT2D eigenvalue weighted by Gasteiger charge is -2.36. The molecule has 1 fully saturated rings. The van der Waals surface area contributed by atoms with E-state index in [9.17, 15) is 0 Å². The van der Waals surface area contributed by atoms with Crippen molar-refractivity contribution in [2.24, 2.45) is 0 Å². The molecule has 0 atom stereocenters. The molecule has 1 aliphatic heterocycles. The van der Waals surface area contributed by atoms with Gasteiger partial charge in [-0.05, 0) is 26.0 Å². The Balaban J connectivity index is 2.02. The number of para-hydroxylation sites is 2. The Labute approximate surface area is 115 Å². The van der Waals surface area contributed by atoms with Crippen molar-refractivity contribution in [1.29, 1.82) is 0 Å². The molecule has 0 amide bonds. The first-order chi connectivity index (χ1) is 9.20. The third kappa shape index (κ3) is 3.85. The van der Waals surface area contributed by atoms with Gasteiger partial charge in [0.05, 0.1) is 18.4 Å². The molecule has 1 aromatic carbocycles. The van der Waals surface area contributed by atoms with Crippen LogP contribution in [0.15, 0.2) is 24.3 Å². The summed E-state index contributed by atoms with van der Waals surface area (Å²) in [4.78, 5) is 4.66. The predicted octanol–water partition coefficient (Wildman–Crippen LogP) is 1.59. The van der Waals surface area contributed by atoms with E-state index in [1.54, 1.807) is 0 Å². The van der Waals surface area contributed by atoms with Gasteiger partial charge in [0.2, 0.25) is 0 Å². The van der Waals surface area contributed by atoms with Crippen LogP contribution in [0.3, 0.4) is 0 Å². The number of β-amino-alcohol motifs (C(OH)–C–C–N with tert-alkyl or cyclic N) is 1. The van der Waals surface area contributed by atoms with Crippen molar-refractivity contribution in [3.05, 3.63) is 24.3 Å². The van der Waals surface area contributed by atoms with E-state index in [1.807, 2.05) is 12.1 Å². The highest BCUT2D eigenvalue weighted by molar-refractivity contribution is 5.58. The molecule has 1 N–H and O–H groups in total. The Morgan fingerprint density at radius 3 is 2.47 bits per heavy atom. The first-order valence-corrected chi connectivity index (χ1v) is 7.04. The molecular weight excluding hydrogens is 240 g/mol. The zero-order valence-electron chi connectivity index (χ0n) is 11.9. The van der Waals surface area contributed by atoms with E-state index in [0.717, 1.165) is 38.5 Å². The average Bonchev–Trinajstić information content (AvgIpc) is 2.40. The number of ether oxygens (including phenoxy) is 1. The third-order valence-corrected chi connectivity index (χ3v) is 3.36. The van der Waals surface area contributed by atoms with Crippen LogP contribution in [0, 0.1) is 0 Å². The molecule has 0 spiro atoms. The highest BCUT2D eigenvalue weighted by atomic mass is 16.5. The fourth-order valence-electron chi connectivity index (χ4n) is 2.43. The second kappa shape index (κ2) is 6.78. The molecule has 1 aromatic rings. The van der Waals surface area contributed by atoms with Gasteiger partial charge in [-0.3, -0.25) is 4.90 Å². The van der Waals surface area contributed by atoms with E-state index in [0.29, 0.717) is 0 Å². The second-order valence-electron chi connectivity index (χ2n) is 5.19. The number of aliphatic hydroxyl groups is 1. The number of hydrogen-bond acceptors (Lipinski definition) is 4. The zero-order chi connectivity index (χ0) is 13.7. The summed E-state index contributed by atoms with van der Waals surface area (Å²) < 4.78 is 5.88. The first-order valence-electron chi connectivity index (χ1n) is 7.04. The molecule has 1 aliphatic rings. The molecule has 0 saturated carbocycles. The molecule has 0 radical (unpaired) electrons. The maximum Gasteiger partial charge on any atom is 0.142 e. The minimum absolute atomic E-state index is 0.192. The van der Waals surface area contributed by atoms with Crippen LogP contribution in [0.5, 0.6) is 5.75 Å². The van der Waals surface area contributed by atoms with E-state index >= 15 is 0 Å². The summed E-state index contributed by atoms with van der Waals surface area (Å²) in [6.07, 6.45) is 0.192. The number of piperazine rings is 1. The van der Waals surface area contributed by atoms with Crippen molar-refractivity contribution in [2.45, 2.75) is 20.0 Å². The maximum absolute atomic E-state index is 8.97. The molecule has 106 valence electrons. The second-order valence-corrected chi connectivity index (χ2v) is 5.19. The highest BCUT2D eigenvalue weighted by Crippen LogP contribution is 2.29. The van der Waals surface area contributed by atoms with Crippen molar-refractivity contribution in [1.82, 2.24) is 4.90 Å². The van der Waals surface area contributed by atoms with Gasteiger partial charge in [0.15, 0.2) is 0 Å². The largest absolute Gasteiger partial charge is 0.489 e. The number of rotatable bonds is 5. The van der Waals surface area contributed by atoms with Crippen molar-refractivity contribution in [3.63, 3.8) is 0 Å². The van der Waals surface area contributed by atoms with Crippen molar-refractivity contribution < 1.29 is 9.84 Å². The minimum Gasteiger partial charge on any atom is -0.489 e. The van der Waals surface area contributed by atoms with Gasteiger partial charge in [-0.1, -0.05) is 12.1 Å². The molecule has 0 bridgehead atoms. The van der Waals surface area contributed by atoms with Crippen LogP contribution in [-0.4, -0.2) is 55.4 Å². The van der Waals surface area contributed by atoms with Crippen LogP contribution < -0.4 is 9.64 Å². The molecule has 0 aliphatic carbocycles. The molecule has 0 aromatic heterocycles. The standard InChI is InChI=1S/C15H24N2O2/c1-13(2)19-15-6-4-3-5-14(15)17-9-7-16(8-10-17)11-12-18/h3-6,13,18H,7-12H2,1-2H3. The van der Waals surface area contributed by atoms with Gasteiger partial charge in [-0.15, -0.1) is 0 Å². The van der Waals surface area contributed by atoms with E-state index in [2.05, 4.69) is 35.8 Å². The molecular formula is C15H24N2O2. The Morgan fingerprint density at radius 1 is 1.16 bits per heavy atom. The number of benzene rings is 1. The van der Waals surface area contributed by atoms with E-state index in [-0.39, 0.29) is 12.7 Å². The van der Waals surface area contributed by atoms with E-state index < -0.39 is 0 Å². The number of anilines is 1. The van der Waals surface area contributed by atoms with Crippen LogP contribution in [0.25, 0.3) is 0 Å². The minimum atomic E-state index is 0.192. The Morgan fingerprint density at radius 2 is 1.84 bits per heavy atom. The maximum atomic E-state index is 8.97. The molecule has 1 heterocycles. The van der Waals surface area contributed by atoms with Crippen LogP contribution in [0.2, 0.25) is 0 Å². The lowest BCUT2D eigenvalue weighted by Crippen LogP contribution is -2.47. The fourth-order valence-corrected chi connectivity index (χ4v) is 2.43. The van der Waals surface area contributed by atoms with Gasteiger partial charge in [0.1, 0.15) is 5.75 Å². The van der Waals surface area contributed by atoms with Gasteiger partial charge in [0.25, 0.3) is 0 Å². The summed E-state index contributed by atoms with van der Waals surface area (Å²) in [7, 11) is 0. The normalized spacial score (nSPS) is 16.9. The summed E-state index contributed by atoms with van der Waals surface area (Å²) in [5, 5.41) is 8.97. The number of aliphatic hydroxyl groups excluding tert-OH is 1. The molecule has 0 unspecified atom stereocenters. The van der Waals surface area contributed by atoms with Crippen LogP contribution in [0.4, 0.5) is 5.69 Å². The van der Waals surface area contributed by atoms with Crippen molar-refractivity contribution >= 4 is 5.69 Å². The van der Waals surface area contributed by atoms with Gasteiger partial charge in [0, 0.05) is 32.7 Å². The molecule has 4 heteroatoms. The summed E-state index contributed by atoms with van der Waals surface area (Å²) in [5.41, 5.74) is 1.18. The van der Waals surface area contributed by atoms with E-state index in [4.69, 9.17) is 9.84 Å². The monoisotopic (exact) mass is 264 g/mol. The zero-order valence-corrected chi connectivity index (χ0v) is 11.9. The summed E-state index contributed by atoms with van der Waals surface area (Å²) in [6.45, 7) is 9.08. The summed E-state index contributed by atoms with van der Waals surface area (Å²) >= 11 is 0. The van der Waals surface area contributed by atoms with Gasteiger partial charge >= 0.3 is 0 Å². The summed E-state index contributed by atoms with van der Waals surface area (Å²) in [6, 6.07) is 8.24. The van der Waals surface area contributed by atoms with Crippen molar-refractivity contribution in [3.8, 4) is 5.75 Å². The van der Waals surface area contributed by atoms with Crippen molar-refractivity contribution in [2.75, 3.05) is 44.2 Å². The first kappa shape index (κ1) is 14.2.